The van der Waals surface area contributed by atoms with Gasteiger partial charge in [-0.25, -0.2) is 24.9 Å². The summed E-state index contributed by atoms with van der Waals surface area (Å²) >= 11 is 0. The van der Waals surface area contributed by atoms with E-state index >= 15 is 0 Å². The topological polar surface area (TPSA) is 296 Å². The molecule has 0 radical (unpaired) electrons. The lowest BCUT2D eigenvalue weighted by Crippen LogP contribution is -2.35. The maximum atomic E-state index is 11.4. The van der Waals surface area contributed by atoms with Gasteiger partial charge in [-0.15, -0.1) is 14.6 Å². The Balaban J connectivity index is 0.000000550. The predicted molar refractivity (Wildman–Crippen MR) is 70.4 cm³/mol. The molecule has 25 heavy (non-hydrogen) atoms. The fraction of sp³-hybridized carbons (Fsp3) is 0. The van der Waals surface area contributed by atoms with Crippen molar-refractivity contribution < 1.29 is 24.2 Å². The molecule has 0 amide bonds. The van der Waals surface area contributed by atoms with Gasteiger partial charge in [-0.1, -0.05) is 5.11 Å². The third-order valence-corrected chi connectivity index (χ3v) is 1.83. The number of hydrogen-bond donors (Lipinski definition) is 3. The van der Waals surface area contributed by atoms with Crippen molar-refractivity contribution in [2.45, 2.75) is 0 Å². The highest BCUT2D eigenvalue weighted by molar-refractivity contribution is 5.75. The van der Waals surface area contributed by atoms with Crippen molar-refractivity contribution in [3.63, 3.8) is 0 Å². The Morgan fingerprint density at radius 3 is 2.16 bits per heavy atom. The number of hydrogen-bond acceptors (Lipinski definition) is 14. The molecule has 134 valence electrons. The number of nitrogens with two attached hydrogens (primary N) is 3. The van der Waals surface area contributed by atoms with Crippen LogP contribution in [0.2, 0.25) is 0 Å². The summed E-state index contributed by atoms with van der Waals surface area (Å²) in [5.74, 6) is 2.18. The number of anilines is 1. The molecular formula is C5H7N13O7. The largest absolute Gasteiger partial charge is 0.690 e. The third kappa shape index (κ3) is 4.94. The average Bonchev–Trinajstić information content (AvgIpc) is 3.19. The Bertz CT molecular complexity index is 761. The molecule has 0 aliphatic heterocycles. The monoisotopic (exact) mass is 361 g/mol. The minimum atomic E-state index is -1.41. The summed E-state index contributed by atoms with van der Waals surface area (Å²) in [6.45, 7) is 0. The van der Waals surface area contributed by atoms with Crippen LogP contribution in [0, 0.1) is 25.4 Å². The SMILES string of the molecule is NN=C(N)N.O=[N+]([O-])N(c1nonc1N=[N+]([O-])c1cnon1)[N+](=O)[O-]. The van der Waals surface area contributed by atoms with E-state index in [1.807, 2.05) is 0 Å². The number of nitrogens with zero attached hydrogens (tertiary/aromatic N) is 10. The van der Waals surface area contributed by atoms with E-state index in [-0.39, 0.29) is 10.8 Å². The van der Waals surface area contributed by atoms with E-state index in [0.717, 1.165) is 6.20 Å². The Morgan fingerprint density at radius 1 is 1.12 bits per heavy atom. The molecule has 2 aromatic rings. The van der Waals surface area contributed by atoms with E-state index in [1.54, 1.807) is 0 Å². The van der Waals surface area contributed by atoms with Crippen LogP contribution in [0.15, 0.2) is 25.7 Å². The minimum absolute atomic E-state index is 0.0926. The molecule has 0 atom stereocenters. The van der Waals surface area contributed by atoms with E-state index in [2.05, 4.69) is 45.9 Å². The Kier molecular flexibility index (Phi) is 5.97. The van der Waals surface area contributed by atoms with Gasteiger partial charge in [0, 0.05) is 0 Å². The highest BCUT2D eigenvalue weighted by Gasteiger charge is 2.39. The van der Waals surface area contributed by atoms with Crippen molar-refractivity contribution >= 4 is 23.4 Å². The fourth-order valence-electron chi connectivity index (χ4n) is 0.964. The second-order valence-electron chi connectivity index (χ2n) is 3.37. The molecule has 2 rings (SSSR count). The zero-order chi connectivity index (χ0) is 19.0. The molecule has 0 aliphatic carbocycles. The number of hydrazone groups is 1. The first-order valence-electron chi connectivity index (χ1n) is 5.44. The van der Waals surface area contributed by atoms with Crippen LogP contribution in [0.5, 0.6) is 0 Å². The second kappa shape index (κ2) is 8.11. The van der Waals surface area contributed by atoms with Crippen LogP contribution in [-0.4, -0.2) is 41.5 Å². The minimum Gasteiger partial charge on any atom is -0.690 e. The zero-order valence-electron chi connectivity index (χ0n) is 11.6. The molecule has 0 bridgehead atoms. The molecule has 20 heteroatoms. The highest BCUT2D eigenvalue weighted by Crippen LogP contribution is 2.25. The lowest BCUT2D eigenvalue weighted by atomic mass is 10.6. The van der Waals surface area contributed by atoms with Crippen LogP contribution in [0.3, 0.4) is 0 Å². The number of nitro groups is 2. The molecular weight excluding hydrogens is 354 g/mol. The predicted octanol–water partition coefficient (Wildman–Crippen LogP) is -2.30. The van der Waals surface area contributed by atoms with E-state index in [1.165, 1.54) is 0 Å². The van der Waals surface area contributed by atoms with E-state index in [0.29, 0.717) is 0 Å². The summed E-state index contributed by atoms with van der Waals surface area (Å²) in [4.78, 5) is 20.8. The van der Waals surface area contributed by atoms with Gasteiger partial charge in [0.25, 0.3) is 5.82 Å². The second-order valence-corrected chi connectivity index (χ2v) is 3.37. The highest BCUT2D eigenvalue weighted by atomic mass is 16.8. The maximum absolute atomic E-state index is 11.4. The van der Waals surface area contributed by atoms with Crippen LogP contribution in [0.4, 0.5) is 17.5 Å². The van der Waals surface area contributed by atoms with Gasteiger partial charge in [0.05, 0.1) is 0 Å². The first-order chi connectivity index (χ1) is 11.8. The molecule has 6 N–H and O–H groups in total. The van der Waals surface area contributed by atoms with Crippen LogP contribution >= 0.6 is 0 Å². The van der Waals surface area contributed by atoms with Gasteiger partial charge in [0.2, 0.25) is 21.1 Å². The smallest absolute Gasteiger partial charge is 0.418 e. The van der Waals surface area contributed by atoms with E-state index in [4.69, 9.17) is 11.5 Å². The van der Waals surface area contributed by atoms with Gasteiger partial charge in [0.15, 0.2) is 11.4 Å². The number of azo groups is 1. The molecule has 0 fully saturated rings. The van der Waals surface area contributed by atoms with Crippen LogP contribution in [0.1, 0.15) is 0 Å². The van der Waals surface area contributed by atoms with Crippen molar-refractivity contribution in [1.82, 2.24) is 20.6 Å². The summed E-state index contributed by atoms with van der Waals surface area (Å²) < 4.78 is 8.20. The van der Waals surface area contributed by atoms with Gasteiger partial charge in [-0.05, 0) is 15.5 Å². The Labute approximate surface area is 133 Å². The zero-order valence-corrected chi connectivity index (χ0v) is 11.6. The Morgan fingerprint density at radius 2 is 1.72 bits per heavy atom. The quantitative estimate of drug-likeness (QED) is 0.0958. The van der Waals surface area contributed by atoms with Crippen LogP contribution < -0.4 is 22.4 Å². The summed E-state index contributed by atoms with van der Waals surface area (Å²) in [5.41, 5.74) is 9.39. The summed E-state index contributed by atoms with van der Waals surface area (Å²) in [5, 5.41) is 47.2. The molecule has 0 spiro atoms. The summed E-state index contributed by atoms with van der Waals surface area (Å²) in [7, 11) is 0. The standard InChI is InChI=1S/C4HN9O7.CH6N4/c14-10(2-1-5-19-7-2)6-3-4(9-20-8-3)11(12(15)16)13(17)18;2-1(3)5-4/h1H;4H2,(H4,2,3,5). The molecule has 2 aromatic heterocycles. The third-order valence-electron chi connectivity index (χ3n) is 1.83. The van der Waals surface area contributed by atoms with E-state index < -0.39 is 32.6 Å². The van der Waals surface area contributed by atoms with Gasteiger partial charge in [-0.3, -0.25) is 0 Å². The summed E-state index contributed by atoms with van der Waals surface area (Å²) in [6, 6.07) is 0. The normalized spacial score (nSPS) is 10.3. The number of aromatic nitrogens is 4. The lowest BCUT2D eigenvalue weighted by molar-refractivity contribution is -0.712. The van der Waals surface area contributed by atoms with Gasteiger partial charge in [-0.2, -0.15) is 0 Å². The van der Waals surface area contributed by atoms with Crippen molar-refractivity contribution in [2.24, 2.45) is 27.5 Å². The van der Waals surface area contributed by atoms with Crippen molar-refractivity contribution in [1.29, 1.82) is 0 Å². The van der Waals surface area contributed by atoms with E-state index in [9.17, 15) is 25.4 Å². The lowest BCUT2D eigenvalue weighted by Gasteiger charge is -1.99. The van der Waals surface area contributed by atoms with Crippen molar-refractivity contribution in [3.8, 4) is 0 Å². The van der Waals surface area contributed by atoms with Gasteiger partial charge in [0.1, 0.15) is 0 Å². The van der Waals surface area contributed by atoms with Crippen LogP contribution in [0.25, 0.3) is 0 Å². The maximum Gasteiger partial charge on any atom is 0.418 e. The Hall–Kier alpha value is -4.65. The number of guanidine groups is 1. The van der Waals surface area contributed by atoms with Crippen molar-refractivity contribution in [3.05, 3.63) is 31.6 Å². The van der Waals surface area contributed by atoms with Crippen LogP contribution in [-0.2, 0) is 0 Å². The average molecular weight is 361 g/mol. The van der Waals surface area contributed by atoms with Gasteiger partial charge < -0.3 is 22.5 Å². The molecule has 2 heterocycles. The molecule has 0 saturated carbocycles. The van der Waals surface area contributed by atoms with Crippen molar-refractivity contribution in [2.75, 3.05) is 5.12 Å². The first kappa shape index (κ1) is 18.4. The van der Waals surface area contributed by atoms with Gasteiger partial charge >= 0.3 is 11.6 Å². The molecule has 0 aromatic carbocycles. The fourth-order valence-corrected chi connectivity index (χ4v) is 0.964. The molecule has 0 unspecified atom stereocenters. The number of rotatable bonds is 5. The first-order valence-corrected chi connectivity index (χ1v) is 5.44. The molecule has 20 nitrogen and oxygen atoms in total. The number of hydrazine groups is 2. The summed E-state index contributed by atoms with van der Waals surface area (Å²) in [6.07, 6.45) is 0.877. The molecule has 0 saturated heterocycles. The molecule has 0 aliphatic rings.